The average molecular weight is 415 g/mol. The van der Waals surface area contributed by atoms with Gasteiger partial charge in [0.2, 0.25) is 0 Å². The Bertz CT molecular complexity index is 919. The zero-order valence-corrected chi connectivity index (χ0v) is 18.9. The molecule has 2 heterocycles. The van der Waals surface area contributed by atoms with Gasteiger partial charge in [-0.25, -0.2) is 14.5 Å². The highest BCUT2D eigenvalue weighted by Gasteiger charge is 2.28. The van der Waals surface area contributed by atoms with Crippen molar-refractivity contribution in [3.8, 4) is 0 Å². The van der Waals surface area contributed by atoms with Crippen LogP contribution >= 0.6 is 0 Å². The number of ether oxygens (including phenoxy) is 1. The van der Waals surface area contributed by atoms with Gasteiger partial charge in [0.1, 0.15) is 0 Å². The van der Waals surface area contributed by atoms with Crippen LogP contribution in [-0.4, -0.2) is 39.3 Å². The molecule has 2 aromatic rings. The summed E-state index contributed by atoms with van der Waals surface area (Å²) < 4.78 is 7.19. The molecule has 164 valence electrons. The van der Waals surface area contributed by atoms with Crippen molar-refractivity contribution in [2.75, 3.05) is 6.61 Å². The number of hydrogen-bond donors (Lipinski definition) is 1. The van der Waals surface area contributed by atoms with Gasteiger partial charge >= 0.3 is 5.97 Å². The number of carbonyl (C=O) groups is 2. The second-order valence-electron chi connectivity index (χ2n) is 9.19. The molecule has 0 radical (unpaired) electrons. The molecule has 0 bridgehead atoms. The van der Waals surface area contributed by atoms with Crippen LogP contribution < -0.4 is 5.32 Å². The topological polar surface area (TPSA) is 86.1 Å². The zero-order chi connectivity index (χ0) is 22.0. The molecule has 1 aliphatic carbocycles. The van der Waals surface area contributed by atoms with Crippen molar-refractivity contribution in [2.45, 2.75) is 78.8 Å². The largest absolute Gasteiger partial charge is 0.452 e. The lowest BCUT2D eigenvalue weighted by Crippen LogP contribution is -2.45. The number of fused-ring (bicyclic) bond motifs is 1. The summed E-state index contributed by atoms with van der Waals surface area (Å²) in [5.41, 5.74) is 1.87. The first-order chi connectivity index (χ1) is 14.2. The van der Waals surface area contributed by atoms with E-state index < -0.39 is 5.97 Å². The number of hydrogen-bond acceptors (Lipinski definition) is 5. The van der Waals surface area contributed by atoms with Gasteiger partial charge < -0.3 is 10.1 Å². The van der Waals surface area contributed by atoms with E-state index in [0.717, 1.165) is 18.5 Å². The van der Waals surface area contributed by atoms with E-state index in [1.54, 1.807) is 16.9 Å². The Morgan fingerprint density at radius 3 is 2.63 bits per heavy atom. The van der Waals surface area contributed by atoms with Crippen molar-refractivity contribution >= 4 is 22.9 Å². The lowest BCUT2D eigenvalue weighted by atomic mass is 9.78. The summed E-state index contributed by atoms with van der Waals surface area (Å²) in [5, 5.41) is 8.09. The van der Waals surface area contributed by atoms with Gasteiger partial charge in [-0.15, -0.1) is 0 Å². The predicted octanol–water partition coefficient (Wildman–Crippen LogP) is 4.23. The lowest BCUT2D eigenvalue weighted by molar-refractivity contribution is -0.125. The molecule has 1 N–H and O–H groups in total. The highest BCUT2D eigenvalue weighted by atomic mass is 16.5. The molecule has 0 saturated heterocycles. The molecule has 0 spiro atoms. The SMILES string of the molecule is CC(C)c1cc(C(=O)OCC(=O)N[C@H]2CCC[C@H](C)[C@H]2C)c2cnn(C(C)C)c2n1. The number of nitrogens with one attached hydrogen (secondary N) is 1. The summed E-state index contributed by atoms with van der Waals surface area (Å²) in [5.74, 6) is 0.390. The second kappa shape index (κ2) is 9.14. The van der Waals surface area contributed by atoms with E-state index in [1.165, 1.54) is 6.42 Å². The van der Waals surface area contributed by atoms with Crippen LogP contribution in [0.3, 0.4) is 0 Å². The van der Waals surface area contributed by atoms with E-state index >= 15 is 0 Å². The molecule has 1 fully saturated rings. The first kappa shape index (κ1) is 22.2. The molecule has 3 rings (SSSR count). The summed E-state index contributed by atoms with van der Waals surface area (Å²) in [4.78, 5) is 30.0. The van der Waals surface area contributed by atoms with Crippen LogP contribution in [-0.2, 0) is 9.53 Å². The number of aromatic nitrogens is 3. The van der Waals surface area contributed by atoms with Crippen molar-refractivity contribution in [2.24, 2.45) is 11.8 Å². The molecular formula is C23H34N4O3. The smallest absolute Gasteiger partial charge is 0.339 e. The van der Waals surface area contributed by atoms with E-state index in [1.807, 2.05) is 27.7 Å². The number of esters is 1. The molecule has 2 aromatic heterocycles. The summed E-state index contributed by atoms with van der Waals surface area (Å²) in [7, 11) is 0. The van der Waals surface area contributed by atoms with Crippen molar-refractivity contribution in [3.63, 3.8) is 0 Å². The van der Waals surface area contributed by atoms with Gasteiger partial charge in [-0.1, -0.05) is 40.5 Å². The number of amides is 1. The molecule has 1 amide bonds. The minimum atomic E-state index is -0.521. The Morgan fingerprint density at radius 2 is 1.97 bits per heavy atom. The third-order valence-corrected chi connectivity index (χ3v) is 6.27. The van der Waals surface area contributed by atoms with Crippen LogP contribution in [0.25, 0.3) is 11.0 Å². The molecule has 1 aliphatic rings. The minimum Gasteiger partial charge on any atom is -0.452 e. The summed E-state index contributed by atoms with van der Waals surface area (Å²) in [6.07, 6.45) is 4.93. The van der Waals surface area contributed by atoms with Gasteiger partial charge in [-0.3, -0.25) is 4.79 Å². The van der Waals surface area contributed by atoms with Crippen LogP contribution in [0.2, 0.25) is 0 Å². The number of rotatable bonds is 6. The lowest BCUT2D eigenvalue weighted by Gasteiger charge is -2.34. The van der Waals surface area contributed by atoms with Crippen molar-refractivity contribution < 1.29 is 14.3 Å². The van der Waals surface area contributed by atoms with E-state index in [4.69, 9.17) is 9.72 Å². The van der Waals surface area contributed by atoms with Crippen LogP contribution in [0.4, 0.5) is 0 Å². The Hall–Kier alpha value is -2.44. The molecular weight excluding hydrogens is 380 g/mol. The molecule has 7 nitrogen and oxygen atoms in total. The van der Waals surface area contributed by atoms with Crippen LogP contribution in [0, 0.1) is 11.8 Å². The Labute approximate surface area is 178 Å². The number of pyridine rings is 1. The van der Waals surface area contributed by atoms with E-state index in [2.05, 4.69) is 24.3 Å². The van der Waals surface area contributed by atoms with Crippen LogP contribution in [0.15, 0.2) is 12.3 Å². The van der Waals surface area contributed by atoms with Gasteiger partial charge in [0.25, 0.3) is 5.91 Å². The fourth-order valence-electron chi connectivity index (χ4n) is 4.12. The monoisotopic (exact) mass is 414 g/mol. The normalized spacial score (nSPS) is 21.9. The molecule has 1 saturated carbocycles. The quantitative estimate of drug-likeness (QED) is 0.715. The molecule has 7 heteroatoms. The third-order valence-electron chi connectivity index (χ3n) is 6.27. The maximum Gasteiger partial charge on any atom is 0.339 e. The average Bonchev–Trinajstić information content (AvgIpc) is 3.13. The second-order valence-corrected chi connectivity index (χ2v) is 9.19. The standard InChI is InChI=1S/C23H34N4O3/c1-13(2)20-10-17(18-11-24-27(14(3)4)22(18)26-20)23(29)30-12-21(28)25-19-9-7-8-15(5)16(19)6/h10-11,13-16,19H,7-9,12H2,1-6H3,(H,25,28)/t15-,16+,19-/m0/s1. The minimum absolute atomic E-state index is 0.118. The van der Waals surface area contributed by atoms with Gasteiger partial charge in [0, 0.05) is 17.8 Å². The zero-order valence-electron chi connectivity index (χ0n) is 18.9. The van der Waals surface area contributed by atoms with Gasteiger partial charge in [-0.2, -0.15) is 5.10 Å². The van der Waals surface area contributed by atoms with Crippen molar-refractivity contribution in [1.82, 2.24) is 20.1 Å². The molecule has 30 heavy (non-hydrogen) atoms. The highest BCUT2D eigenvalue weighted by Crippen LogP contribution is 2.29. The fourth-order valence-corrected chi connectivity index (χ4v) is 4.12. The van der Waals surface area contributed by atoms with Gasteiger partial charge in [0.15, 0.2) is 12.3 Å². The fraction of sp³-hybridized carbons (Fsp3) is 0.652. The van der Waals surface area contributed by atoms with E-state index in [0.29, 0.717) is 28.4 Å². The van der Waals surface area contributed by atoms with Gasteiger partial charge in [-0.05, 0) is 44.1 Å². The number of nitrogens with zero attached hydrogens (tertiary/aromatic N) is 3. The summed E-state index contributed by atoms with van der Waals surface area (Å²) in [6.45, 7) is 12.2. The first-order valence-electron chi connectivity index (χ1n) is 11.0. The molecule has 0 aliphatic heterocycles. The molecule has 3 atom stereocenters. The molecule has 0 unspecified atom stereocenters. The maximum atomic E-state index is 12.9. The third kappa shape index (κ3) is 4.65. The predicted molar refractivity (Wildman–Crippen MR) is 116 cm³/mol. The van der Waals surface area contributed by atoms with E-state index in [9.17, 15) is 9.59 Å². The van der Waals surface area contributed by atoms with Crippen molar-refractivity contribution in [3.05, 3.63) is 23.5 Å². The van der Waals surface area contributed by atoms with Crippen LogP contribution in [0.5, 0.6) is 0 Å². The summed E-state index contributed by atoms with van der Waals surface area (Å²) in [6, 6.07) is 2.01. The first-order valence-corrected chi connectivity index (χ1v) is 11.0. The maximum absolute atomic E-state index is 12.9. The summed E-state index contributed by atoms with van der Waals surface area (Å²) >= 11 is 0. The molecule has 0 aromatic carbocycles. The highest BCUT2D eigenvalue weighted by molar-refractivity contribution is 6.03. The van der Waals surface area contributed by atoms with Crippen molar-refractivity contribution in [1.29, 1.82) is 0 Å². The Morgan fingerprint density at radius 1 is 1.23 bits per heavy atom. The van der Waals surface area contributed by atoms with Crippen LogP contribution in [0.1, 0.15) is 88.8 Å². The Kier molecular flexibility index (Phi) is 6.78. The van der Waals surface area contributed by atoms with E-state index in [-0.39, 0.29) is 30.5 Å². The number of carbonyl (C=O) groups excluding carboxylic acids is 2. The Balaban J connectivity index is 1.74. The van der Waals surface area contributed by atoms with Gasteiger partial charge in [0.05, 0.1) is 17.1 Å².